The lowest BCUT2D eigenvalue weighted by Gasteiger charge is -1.95. The van der Waals surface area contributed by atoms with Crippen LogP contribution < -0.4 is 11.2 Å². The molecule has 68 valence electrons. The Morgan fingerprint density at radius 2 is 2.08 bits per heavy atom. The smallest absolute Gasteiger partial charge is 0.206 e. The highest BCUT2D eigenvalue weighted by molar-refractivity contribution is 5.82. The first-order valence-corrected chi connectivity index (χ1v) is 3.60. The molecule has 0 aliphatic rings. The van der Waals surface area contributed by atoms with Crippen LogP contribution in [0.25, 0.3) is 0 Å². The molecule has 5 heteroatoms. The molecule has 5 nitrogen and oxygen atoms in total. The van der Waals surface area contributed by atoms with Crippen LogP contribution in [0.4, 0.5) is 0 Å². The van der Waals surface area contributed by atoms with Crippen LogP contribution in [0.2, 0.25) is 0 Å². The lowest BCUT2D eigenvalue weighted by molar-refractivity contribution is 0.475. The number of hydrogen-bond acceptors (Lipinski definition) is 3. The van der Waals surface area contributed by atoms with Gasteiger partial charge in [-0.05, 0) is 29.8 Å². The summed E-state index contributed by atoms with van der Waals surface area (Å²) in [5.74, 6) is -0.00768. The standard InChI is InChI=1S/C8H10N4O/c9-8(10)12-11-5-6-1-3-7(13)4-2-6/h1-5,13H,(H4,9,10,12). The summed E-state index contributed by atoms with van der Waals surface area (Å²) in [4.78, 5) is 0. The SMILES string of the molecule is N=C(N)NN=Cc1ccc(O)cc1. The van der Waals surface area contributed by atoms with E-state index in [1.165, 1.54) is 6.21 Å². The first-order chi connectivity index (χ1) is 6.18. The number of phenolic OH excluding ortho intramolecular Hbond substituents is 1. The highest BCUT2D eigenvalue weighted by atomic mass is 16.3. The van der Waals surface area contributed by atoms with E-state index in [0.717, 1.165) is 5.56 Å². The van der Waals surface area contributed by atoms with Crippen molar-refractivity contribution in [3.63, 3.8) is 0 Å². The minimum atomic E-state index is -0.213. The Balaban J connectivity index is 2.59. The van der Waals surface area contributed by atoms with Crippen LogP contribution in [-0.2, 0) is 0 Å². The van der Waals surface area contributed by atoms with Crippen LogP contribution in [0.15, 0.2) is 29.4 Å². The minimum Gasteiger partial charge on any atom is -0.508 e. The molecule has 0 aromatic heterocycles. The maximum absolute atomic E-state index is 8.96. The van der Waals surface area contributed by atoms with E-state index in [4.69, 9.17) is 16.2 Å². The molecular weight excluding hydrogens is 168 g/mol. The number of nitrogens with one attached hydrogen (secondary N) is 2. The van der Waals surface area contributed by atoms with Gasteiger partial charge in [0.25, 0.3) is 0 Å². The summed E-state index contributed by atoms with van der Waals surface area (Å²) in [5, 5.41) is 19.4. The summed E-state index contributed by atoms with van der Waals surface area (Å²) in [6, 6.07) is 6.49. The van der Waals surface area contributed by atoms with Crippen LogP contribution in [0, 0.1) is 5.41 Å². The summed E-state index contributed by atoms with van der Waals surface area (Å²) >= 11 is 0. The van der Waals surface area contributed by atoms with Gasteiger partial charge in [0.15, 0.2) is 0 Å². The predicted molar refractivity (Wildman–Crippen MR) is 50.8 cm³/mol. The fraction of sp³-hybridized carbons (Fsp3) is 0. The van der Waals surface area contributed by atoms with E-state index >= 15 is 0 Å². The summed E-state index contributed by atoms with van der Waals surface area (Å²) in [6.07, 6.45) is 1.50. The quantitative estimate of drug-likeness (QED) is 0.296. The van der Waals surface area contributed by atoms with Gasteiger partial charge in [-0.3, -0.25) is 5.41 Å². The minimum absolute atomic E-state index is 0.205. The molecule has 0 spiro atoms. The van der Waals surface area contributed by atoms with Crippen molar-refractivity contribution >= 4 is 12.2 Å². The maximum atomic E-state index is 8.96. The zero-order valence-corrected chi connectivity index (χ0v) is 6.86. The van der Waals surface area contributed by atoms with E-state index in [9.17, 15) is 0 Å². The number of nitrogens with zero attached hydrogens (tertiary/aromatic N) is 1. The van der Waals surface area contributed by atoms with Gasteiger partial charge in [-0.2, -0.15) is 5.10 Å². The molecule has 5 N–H and O–H groups in total. The van der Waals surface area contributed by atoms with E-state index in [1.54, 1.807) is 24.3 Å². The average Bonchev–Trinajstić information content (AvgIpc) is 2.08. The Hall–Kier alpha value is -2.04. The van der Waals surface area contributed by atoms with E-state index < -0.39 is 0 Å². The van der Waals surface area contributed by atoms with Gasteiger partial charge in [-0.25, -0.2) is 5.43 Å². The molecule has 1 aromatic carbocycles. The fourth-order valence-corrected chi connectivity index (χ4v) is 0.737. The number of hydrazone groups is 1. The lowest BCUT2D eigenvalue weighted by atomic mass is 10.2. The van der Waals surface area contributed by atoms with Crippen molar-refractivity contribution in [3.8, 4) is 5.75 Å². The van der Waals surface area contributed by atoms with Gasteiger partial charge in [-0.15, -0.1) is 0 Å². The van der Waals surface area contributed by atoms with Gasteiger partial charge in [0.1, 0.15) is 5.75 Å². The van der Waals surface area contributed by atoms with Crippen molar-refractivity contribution in [1.29, 1.82) is 5.41 Å². The molecule has 0 amide bonds. The number of benzene rings is 1. The van der Waals surface area contributed by atoms with Crippen molar-refractivity contribution in [1.82, 2.24) is 5.43 Å². The third-order valence-electron chi connectivity index (χ3n) is 1.29. The van der Waals surface area contributed by atoms with E-state index in [1.807, 2.05) is 0 Å². The molecule has 0 unspecified atom stereocenters. The van der Waals surface area contributed by atoms with Gasteiger partial charge in [-0.1, -0.05) is 0 Å². The van der Waals surface area contributed by atoms with Crippen molar-refractivity contribution < 1.29 is 5.11 Å². The highest BCUT2D eigenvalue weighted by Gasteiger charge is 1.88. The lowest BCUT2D eigenvalue weighted by Crippen LogP contribution is -2.25. The van der Waals surface area contributed by atoms with E-state index in [0.29, 0.717) is 0 Å². The second kappa shape index (κ2) is 4.10. The highest BCUT2D eigenvalue weighted by Crippen LogP contribution is 2.07. The van der Waals surface area contributed by atoms with Gasteiger partial charge in [0.05, 0.1) is 6.21 Å². The van der Waals surface area contributed by atoms with Gasteiger partial charge >= 0.3 is 0 Å². The molecule has 0 atom stereocenters. The van der Waals surface area contributed by atoms with Crippen molar-refractivity contribution in [3.05, 3.63) is 29.8 Å². The Morgan fingerprint density at radius 1 is 1.46 bits per heavy atom. The summed E-state index contributed by atoms with van der Waals surface area (Å²) in [5.41, 5.74) is 8.09. The summed E-state index contributed by atoms with van der Waals surface area (Å²) in [6.45, 7) is 0. The molecule has 0 heterocycles. The Labute approximate surface area is 75.4 Å². The number of phenols is 1. The van der Waals surface area contributed by atoms with Gasteiger partial charge < -0.3 is 10.8 Å². The Morgan fingerprint density at radius 3 is 2.62 bits per heavy atom. The predicted octanol–water partition coefficient (Wildman–Crippen LogP) is 0.209. The molecule has 0 bridgehead atoms. The van der Waals surface area contributed by atoms with Crippen molar-refractivity contribution in [2.45, 2.75) is 0 Å². The van der Waals surface area contributed by atoms with E-state index in [-0.39, 0.29) is 11.7 Å². The number of guanidine groups is 1. The number of rotatable bonds is 2. The van der Waals surface area contributed by atoms with Crippen LogP contribution in [0.5, 0.6) is 5.75 Å². The van der Waals surface area contributed by atoms with Crippen LogP contribution in [0.1, 0.15) is 5.56 Å². The summed E-state index contributed by atoms with van der Waals surface area (Å²) < 4.78 is 0. The maximum Gasteiger partial charge on any atom is 0.206 e. The monoisotopic (exact) mass is 178 g/mol. The van der Waals surface area contributed by atoms with Crippen LogP contribution in [-0.4, -0.2) is 17.3 Å². The normalized spacial score (nSPS) is 10.2. The second-order valence-corrected chi connectivity index (χ2v) is 2.38. The van der Waals surface area contributed by atoms with Crippen molar-refractivity contribution in [2.75, 3.05) is 0 Å². The number of aromatic hydroxyl groups is 1. The molecule has 0 aliphatic heterocycles. The molecule has 0 saturated carbocycles. The van der Waals surface area contributed by atoms with Gasteiger partial charge in [0, 0.05) is 0 Å². The molecular formula is C8H10N4O. The zero-order valence-electron chi connectivity index (χ0n) is 6.86. The van der Waals surface area contributed by atoms with E-state index in [2.05, 4.69) is 10.5 Å². The van der Waals surface area contributed by atoms with Crippen molar-refractivity contribution in [2.24, 2.45) is 10.8 Å². The Kier molecular flexibility index (Phi) is 2.86. The fourth-order valence-electron chi connectivity index (χ4n) is 0.737. The molecule has 0 aliphatic carbocycles. The third kappa shape index (κ3) is 3.24. The first-order valence-electron chi connectivity index (χ1n) is 3.60. The molecule has 1 aromatic rings. The number of hydrogen-bond donors (Lipinski definition) is 4. The Bertz CT molecular complexity index is 317. The molecule has 1 rings (SSSR count). The zero-order chi connectivity index (χ0) is 9.68. The first kappa shape index (κ1) is 9.05. The van der Waals surface area contributed by atoms with Gasteiger partial charge in [0.2, 0.25) is 5.96 Å². The molecule has 0 fully saturated rings. The van der Waals surface area contributed by atoms with Crippen LogP contribution >= 0.6 is 0 Å². The number of nitrogens with two attached hydrogens (primary N) is 1. The second-order valence-electron chi connectivity index (χ2n) is 2.38. The molecule has 0 radical (unpaired) electrons. The molecule has 13 heavy (non-hydrogen) atoms. The topological polar surface area (TPSA) is 94.5 Å². The summed E-state index contributed by atoms with van der Waals surface area (Å²) in [7, 11) is 0. The largest absolute Gasteiger partial charge is 0.508 e. The third-order valence-corrected chi connectivity index (χ3v) is 1.29. The average molecular weight is 178 g/mol. The van der Waals surface area contributed by atoms with Crippen LogP contribution in [0.3, 0.4) is 0 Å². The molecule has 0 saturated heterocycles.